The van der Waals surface area contributed by atoms with Gasteiger partial charge in [0.15, 0.2) is 0 Å². The molecule has 3 nitrogen and oxygen atoms in total. The molecule has 0 aliphatic carbocycles. The van der Waals surface area contributed by atoms with Gasteiger partial charge in [-0.3, -0.25) is 0 Å². The number of pyridine rings is 1. The number of rotatable bonds is 2. The van der Waals surface area contributed by atoms with E-state index in [9.17, 15) is 4.39 Å². The van der Waals surface area contributed by atoms with Crippen LogP contribution in [0.1, 0.15) is 0 Å². The largest absolute Gasteiger partial charge is 0.480 e. The second-order valence-electron chi connectivity index (χ2n) is 1.96. The lowest BCUT2D eigenvalue weighted by atomic mass is 10.4. The van der Waals surface area contributed by atoms with Crippen LogP contribution in [-0.2, 0) is 0 Å². The van der Waals surface area contributed by atoms with Gasteiger partial charge in [-0.05, 0) is 0 Å². The van der Waals surface area contributed by atoms with Crippen LogP contribution < -0.4 is 10.1 Å². The molecule has 1 rings (SSSR count). The van der Waals surface area contributed by atoms with Gasteiger partial charge < -0.3 is 10.1 Å². The first-order valence-corrected chi connectivity index (χ1v) is 3.15. The van der Waals surface area contributed by atoms with Gasteiger partial charge in [0.25, 0.3) is 0 Å². The first kappa shape index (κ1) is 7.78. The zero-order chi connectivity index (χ0) is 8.27. The van der Waals surface area contributed by atoms with Crippen LogP contribution in [-0.4, -0.2) is 19.1 Å². The summed E-state index contributed by atoms with van der Waals surface area (Å²) in [7, 11) is 3.17. The first-order valence-electron chi connectivity index (χ1n) is 3.15. The van der Waals surface area contributed by atoms with E-state index in [4.69, 9.17) is 4.74 Å². The van der Waals surface area contributed by atoms with Crippen LogP contribution >= 0.6 is 0 Å². The molecule has 0 unspecified atom stereocenters. The molecule has 0 aliphatic heterocycles. The van der Waals surface area contributed by atoms with Crippen LogP contribution in [0.25, 0.3) is 0 Å². The SMILES string of the molecule is CNc1cc(F)cnc1OC. The summed E-state index contributed by atoms with van der Waals surface area (Å²) in [6, 6.07) is 1.33. The van der Waals surface area contributed by atoms with Crippen LogP contribution in [0.2, 0.25) is 0 Å². The van der Waals surface area contributed by atoms with E-state index in [1.165, 1.54) is 13.2 Å². The Bertz CT molecular complexity index is 252. The molecule has 0 amide bonds. The highest BCUT2D eigenvalue weighted by Gasteiger charge is 2.02. The molecule has 4 heteroatoms. The molecule has 0 fully saturated rings. The molecular formula is C7H9FN2O. The summed E-state index contributed by atoms with van der Waals surface area (Å²) in [6.07, 6.45) is 1.11. The summed E-state index contributed by atoms with van der Waals surface area (Å²) in [5.41, 5.74) is 0.549. The third-order valence-electron chi connectivity index (χ3n) is 1.28. The molecule has 0 spiro atoms. The molecule has 1 heterocycles. The smallest absolute Gasteiger partial charge is 0.237 e. The number of nitrogens with one attached hydrogen (secondary N) is 1. The van der Waals surface area contributed by atoms with E-state index in [1.807, 2.05) is 0 Å². The Labute approximate surface area is 64.2 Å². The summed E-state index contributed by atoms with van der Waals surface area (Å²) >= 11 is 0. The standard InChI is InChI=1S/C7H9FN2O/c1-9-6-3-5(8)4-10-7(6)11-2/h3-4,9H,1-2H3. The van der Waals surface area contributed by atoms with Crippen molar-refractivity contribution in [2.45, 2.75) is 0 Å². The lowest BCUT2D eigenvalue weighted by molar-refractivity contribution is 0.398. The van der Waals surface area contributed by atoms with Gasteiger partial charge in [-0.25, -0.2) is 9.37 Å². The van der Waals surface area contributed by atoms with Crippen LogP contribution in [0.3, 0.4) is 0 Å². The molecule has 1 aromatic rings. The number of hydrogen-bond acceptors (Lipinski definition) is 3. The highest BCUT2D eigenvalue weighted by Crippen LogP contribution is 2.20. The predicted octanol–water partition coefficient (Wildman–Crippen LogP) is 1.27. The van der Waals surface area contributed by atoms with Crippen molar-refractivity contribution in [2.24, 2.45) is 0 Å². The molecule has 0 bridgehead atoms. The number of hydrogen-bond donors (Lipinski definition) is 1. The Morgan fingerprint density at radius 1 is 1.64 bits per heavy atom. The van der Waals surface area contributed by atoms with Gasteiger partial charge in [-0.15, -0.1) is 0 Å². The summed E-state index contributed by atoms with van der Waals surface area (Å²) in [4.78, 5) is 3.71. The maximum atomic E-state index is 12.5. The highest BCUT2D eigenvalue weighted by molar-refractivity contribution is 5.51. The second-order valence-corrected chi connectivity index (χ2v) is 1.96. The molecule has 1 aromatic heterocycles. The van der Waals surface area contributed by atoms with Crippen molar-refractivity contribution in [1.82, 2.24) is 4.98 Å². The van der Waals surface area contributed by atoms with Crippen molar-refractivity contribution in [1.29, 1.82) is 0 Å². The second kappa shape index (κ2) is 3.18. The predicted molar refractivity (Wildman–Crippen MR) is 40.3 cm³/mol. The molecule has 60 valence electrons. The normalized spacial score (nSPS) is 9.36. The summed E-state index contributed by atoms with van der Waals surface area (Å²) in [5, 5.41) is 2.76. The van der Waals surface area contributed by atoms with Crippen LogP contribution in [0, 0.1) is 5.82 Å². The third kappa shape index (κ3) is 1.58. The van der Waals surface area contributed by atoms with Crippen LogP contribution in [0.5, 0.6) is 5.88 Å². The minimum absolute atomic E-state index is 0.379. The van der Waals surface area contributed by atoms with Gasteiger partial charge in [0.05, 0.1) is 19.0 Å². The van der Waals surface area contributed by atoms with Crippen molar-refractivity contribution >= 4 is 5.69 Å². The molecule has 0 aromatic carbocycles. The molecule has 0 saturated carbocycles. The third-order valence-corrected chi connectivity index (χ3v) is 1.28. The fourth-order valence-electron chi connectivity index (χ4n) is 0.768. The van der Waals surface area contributed by atoms with E-state index < -0.39 is 0 Å². The van der Waals surface area contributed by atoms with Gasteiger partial charge in [-0.1, -0.05) is 0 Å². The quantitative estimate of drug-likeness (QED) is 0.700. The number of nitrogens with zero attached hydrogens (tertiary/aromatic N) is 1. The maximum Gasteiger partial charge on any atom is 0.237 e. The lowest BCUT2D eigenvalue weighted by Gasteiger charge is -2.04. The molecule has 0 saturated heterocycles. The number of aromatic nitrogens is 1. The minimum atomic E-state index is -0.379. The monoisotopic (exact) mass is 156 g/mol. The van der Waals surface area contributed by atoms with E-state index in [1.54, 1.807) is 7.05 Å². The Balaban J connectivity index is 3.06. The summed E-state index contributed by atoms with van der Waals surface area (Å²) in [6.45, 7) is 0. The minimum Gasteiger partial charge on any atom is -0.480 e. The molecule has 0 aliphatic rings. The summed E-state index contributed by atoms with van der Waals surface area (Å²) < 4.78 is 17.4. The van der Waals surface area contributed by atoms with E-state index in [2.05, 4.69) is 10.3 Å². The molecule has 1 N–H and O–H groups in total. The highest BCUT2D eigenvalue weighted by atomic mass is 19.1. The van der Waals surface area contributed by atoms with Crippen molar-refractivity contribution < 1.29 is 9.13 Å². The fourth-order valence-corrected chi connectivity index (χ4v) is 0.768. The number of ether oxygens (including phenoxy) is 1. The average Bonchev–Trinajstić information content (AvgIpc) is 2.04. The zero-order valence-electron chi connectivity index (χ0n) is 6.39. The summed E-state index contributed by atoms with van der Waals surface area (Å²) in [5.74, 6) is 0.0176. The maximum absolute atomic E-state index is 12.5. The van der Waals surface area contributed by atoms with Crippen molar-refractivity contribution in [3.63, 3.8) is 0 Å². The number of methoxy groups -OCH3 is 1. The molecule has 0 atom stereocenters. The number of halogens is 1. The zero-order valence-corrected chi connectivity index (χ0v) is 6.39. The van der Waals surface area contributed by atoms with Crippen LogP contribution in [0.4, 0.5) is 10.1 Å². The van der Waals surface area contributed by atoms with Crippen LogP contribution in [0.15, 0.2) is 12.3 Å². The lowest BCUT2D eigenvalue weighted by Crippen LogP contribution is -1.96. The van der Waals surface area contributed by atoms with Gasteiger partial charge in [0.2, 0.25) is 5.88 Å². The Morgan fingerprint density at radius 3 is 2.91 bits per heavy atom. The van der Waals surface area contributed by atoms with Gasteiger partial charge in [-0.2, -0.15) is 0 Å². The average molecular weight is 156 g/mol. The first-order chi connectivity index (χ1) is 5.27. The van der Waals surface area contributed by atoms with Crippen molar-refractivity contribution in [3.8, 4) is 5.88 Å². The van der Waals surface area contributed by atoms with E-state index in [-0.39, 0.29) is 5.82 Å². The van der Waals surface area contributed by atoms with Crippen molar-refractivity contribution in [3.05, 3.63) is 18.1 Å². The van der Waals surface area contributed by atoms with E-state index in [0.29, 0.717) is 11.6 Å². The Morgan fingerprint density at radius 2 is 2.36 bits per heavy atom. The molecule has 0 radical (unpaired) electrons. The molecule has 11 heavy (non-hydrogen) atoms. The number of anilines is 1. The fraction of sp³-hybridized carbons (Fsp3) is 0.286. The topological polar surface area (TPSA) is 34.2 Å². The van der Waals surface area contributed by atoms with E-state index >= 15 is 0 Å². The van der Waals surface area contributed by atoms with E-state index in [0.717, 1.165) is 6.20 Å². The Hall–Kier alpha value is -1.32. The van der Waals surface area contributed by atoms with Gasteiger partial charge in [0, 0.05) is 13.1 Å². The van der Waals surface area contributed by atoms with Gasteiger partial charge in [0.1, 0.15) is 5.82 Å². The molecular weight excluding hydrogens is 147 g/mol. The van der Waals surface area contributed by atoms with Crippen molar-refractivity contribution in [2.75, 3.05) is 19.5 Å². The van der Waals surface area contributed by atoms with Gasteiger partial charge >= 0.3 is 0 Å². The Kier molecular flexibility index (Phi) is 2.25.